The van der Waals surface area contributed by atoms with E-state index in [9.17, 15) is 4.79 Å². The van der Waals surface area contributed by atoms with Gasteiger partial charge >= 0.3 is 0 Å². The predicted octanol–water partition coefficient (Wildman–Crippen LogP) is 1.06. The van der Waals surface area contributed by atoms with E-state index < -0.39 is 0 Å². The number of nitrogens with zero attached hydrogens (tertiary/aromatic N) is 2. The van der Waals surface area contributed by atoms with Crippen LogP contribution in [-0.4, -0.2) is 54.0 Å². The van der Waals surface area contributed by atoms with Crippen LogP contribution in [0.3, 0.4) is 0 Å². The van der Waals surface area contributed by atoms with Crippen LogP contribution in [0.4, 0.5) is 0 Å². The summed E-state index contributed by atoms with van der Waals surface area (Å²) in [4.78, 5) is 17.4. The molecule has 0 bridgehead atoms. The molecule has 1 aliphatic carbocycles. The van der Waals surface area contributed by atoms with Crippen LogP contribution < -0.4 is 5.73 Å². The van der Waals surface area contributed by atoms with E-state index in [0.717, 1.165) is 32.5 Å². The molecular weight excluding hydrogens is 238 g/mol. The van der Waals surface area contributed by atoms with Gasteiger partial charge in [-0.2, -0.15) is 0 Å². The second-order valence-corrected chi connectivity index (χ2v) is 6.71. The summed E-state index contributed by atoms with van der Waals surface area (Å²) in [6.07, 6.45) is 5.90. The molecule has 3 aliphatic rings. The molecule has 2 heterocycles. The van der Waals surface area contributed by atoms with Crippen molar-refractivity contribution in [3.63, 3.8) is 0 Å². The molecule has 0 aromatic carbocycles. The molecule has 2 N–H and O–H groups in total. The van der Waals surface area contributed by atoms with Crippen LogP contribution >= 0.6 is 0 Å². The Balaban J connectivity index is 1.63. The van der Waals surface area contributed by atoms with E-state index in [2.05, 4.69) is 16.7 Å². The zero-order chi connectivity index (χ0) is 13.4. The fourth-order valence-electron chi connectivity index (χ4n) is 4.16. The van der Waals surface area contributed by atoms with Crippen LogP contribution in [0.2, 0.25) is 0 Å². The number of carbonyl (C=O) groups excluding carboxylic acids is 1. The third kappa shape index (κ3) is 2.52. The topological polar surface area (TPSA) is 49.6 Å². The van der Waals surface area contributed by atoms with Crippen LogP contribution in [0.1, 0.15) is 39.0 Å². The monoisotopic (exact) mass is 265 g/mol. The highest BCUT2D eigenvalue weighted by atomic mass is 16.2. The Morgan fingerprint density at radius 3 is 2.79 bits per heavy atom. The predicted molar refractivity (Wildman–Crippen MR) is 75.7 cm³/mol. The Labute approximate surface area is 116 Å². The average Bonchev–Trinajstić information content (AvgIpc) is 2.88. The number of fused-ring (bicyclic) bond motifs is 1. The van der Waals surface area contributed by atoms with Gasteiger partial charge < -0.3 is 10.6 Å². The maximum atomic E-state index is 12.7. The number of piperazine rings is 1. The average molecular weight is 265 g/mol. The minimum atomic E-state index is 0.0721. The van der Waals surface area contributed by atoms with Crippen LogP contribution in [0.5, 0.6) is 0 Å². The Morgan fingerprint density at radius 1 is 1.11 bits per heavy atom. The minimum absolute atomic E-state index is 0.0721. The number of nitrogens with two attached hydrogens (primary N) is 1. The molecule has 0 aromatic rings. The van der Waals surface area contributed by atoms with Crippen LogP contribution in [0.15, 0.2) is 0 Å². The molecule has 2 saturated heterocycles. The van der Waals surface area contributed by atoms with Crippen molar-refractivity contribution in [3.8, 4) is 0 Å². The van der Waals surface area contributed by atoms with E-state index in [4.69, 9.17) is 5.73 Å². The van der Waals surface area contributed by atoms with Crippen molar-refractivity contribution in [1.82, 2.24) is 9.80 Å². The molecule has 0 spiro atoms. The highest BCUT2D eigenvalue weighted by Crippen LogP contribution is 2.30. The van der Waals surface area contributed by atoms with Crippen LogP contribution in [-0.2, 0) is 4.79 Å². The van der Waals surface area contributed by atoms with E-state index in [0.29, 0.717) is 17.9 Å². The van der Waals surface area contributed by atoms with Crippen molar-refractivity contribution in [2.75, 3.05) is 26.2 Å². The van der Waals surface area contributed by atoms with E-state index >= 15 is 0 Å². The molecule has 4 nitrogen and oxygen atoms in total. The van der Waals surface area contributed by atoms with Gasteiger partial charge in [0.2, 0.25) is 5.91 Å². The highest BCUT2D eigenvalue weighted by Gasteiger charge is 2.38. The third-order valence-electron chi connectivity index (χ3n) is 5.51. The zero-order valence-electron chi connectivity index (χ0n) is 12.1. The van der Waals surface area contributed by atoms with Gasteiger partial charge in [0.1, 0.15) is 0 Å². The Hall–Kier alpha value is -0.610. The highest BCUT2D eigenvalue weighted by molar-refractivity contribution is 5.80. The van der Waals surface area contributed by atoms with Crippen LogP contribution in [0, 0.1) is 11.8 Å². The summed E-state index contributed by atoms with van der Waals surface area (Å²) in [6, 6.07) is 0.692. The fourth-order valence-corrected chi connectivity index (χ4v) is 4.16. The van der Waals surface area contributed by atoms with Gasteiger partial charge in [0.05, 0.1) is 5.92 Å². The first-order valence-corrected chi connectivity index (χ1v) is 7.95. The molecule has 19 heavy (non-hydrogen) atoms. The van der Waals surface area contributed by atoms with Gasteiger partial charge in [0, 0.05) is 31.7 Å². The van der Waals surface area contributed by atoms with Crippen molar-refractivity contribution in [2.24, 2.45) is 17.6 Å². The van der Waals surface area contributed by atoms with Crippen molar-refractivity contribution in [3.05, 3.63) is 0 Å². The van der Waals surface area contributed by atoms with Crippen molar-refractivity contribution in [2.45, 2.75) is 51.1 Å². The number of hydrogen-bond donors (Lipinski definition) is 1. The molecule has 4 atom stereocenters. The lowest BCUT2D eigenvalue weighted by Crippen LogP contribution is -2.56. The number of carbonyl (C=O) groups is 1. The summed E-state index contributed by atoms with van der Waals surface area (Å²) in [5.41, 5.74) is 6.28. The van der Waals surface area contributed by atoms with Gasteiger partial charge in [-0.15, -0.1) is 0 Å². The lowest BCUT2D eigenvalue weighted by atomic mass is 9.77. The fraction of sp³-hybridized carbons (Fsp3) is 0.933. The summed E-state index contributed by atoms with van der Waals surface area (Å²) in [5, 5.41) is 0. The number of amides is 1. The molecule has 108 valence electrons. The number of hydrogen-bond acceptors (Lipinski definition) is 3. The maximum Gasteiger partial charge on any atom is 0.227 e. The second kappa shape index (κ2) is 5.41. The largest absolute Gasteiger partial charge is 0.340 e. The van der Waals surface area contributed by atoms with Crippen molar-refractivity contribution < 1.29 is 4.79 Å². The molecular formula is C15H27N3O. The molecule has 1 amide bonds. The molecule has 0 radical (unpaired) electrons. The van der Waals surface area contributed by atoms with Gasteiger partial charge in [0.15, 0.2) is 0 Å². The zero-order valence-corrected chi connectivity index (χ0v) is 12.1. The van der Waals surface area contributed by atoms with E-state index in [-0.39, 0.29) is 12.0 Å². The summed E-state index contributed by atoms with van der Waals surface area (Å²) in [6.45, 7) is 6.34. The first kappa shape index (κ1) is 13.4. The Kier molecular flexibility index (Phi) is 3.81. The second-order valence-electron chi connectivity index (χ2n) is 6.71. The lowest BCUT2D eigenvalue weighted by Gasteiger charge is -2.41. The summed E-state index contributed by atoms with van der Waals surface area (Å²) in [7, 11) is 0. The van der Waals surface area contributed by atoms with Crippen molar-refractivity contribution in [1.29, 1.82) is 0 Å². The normalized spacial score (nSPS) is 40.2. The Bertz CT molecular complexity index is 346. The summed E-state index contributed by atoms with van der Waals surface area (Å²) < 4.78 is 0. The minimum Gasteiger partial charge on any atom is -0.340 e. The quantitative estimate of drug-likeness (QED) is 0.771. The van der Waals surface area contributed by atoms with Crippen LogP contribution in [0.25, 0.3) is 0 Å². The molecule has 4 unspecified atom stereocenters. The first-order chi connectivity index (χ1) is 9.16. The SMILES string of the molecule is CC1CCCC(C(=O)N2CCN3CCCC3C2)C1N. The van der Waals surface area contributed by atoms with E-state index in [1.54, 1.807) is 0 Å². The van der Waals surface area contributed by atoms with Gasteiger partial charge in [-0.05, 0) is 38.1 Å². The smallest absolute Gasteiger partial charge is 0.227 e. The van der Waals surface area contributed by atoms with Gasteiger partial charge in [-0.1, -0.05) is 13.3 Å². The van der Waals surface area contributed by atoms with Gasteiger partial charge in [-0.25, -0.2) is 0 Å². The molecule has 1 saturated carbocycles. The Morgan fingerprint density at radius 2 is 1.95 bits per heavy atom. The van der Waals surface area contributed by atoms with Gasteiger partial charge in [0.25, 0.3) is 0 Å². The number of rotatable bonds is 1. The first-order valence-electron chi connectivity index (χ1n) is 7.95. The lowest BCUT2D eigenvalue weighted by molar-refractivity contribution is -0.140. The molecule has 3 rings (SSSR count). The standard InChI is InChI=1S/C15H27N3O/c1-11-4-2-6-13(14(11)16)15(19)18-9-8-17-7-3-5-12(17)10-18/h11-14H,2-10,16H2,1H3. The van der Waals surface area contributed by atoms with E-state index in [1.165, 1.54) is 25.8 Å². The van der Waals surface area contributed by atoms with Gasteiger partial charge in [-0.3, -0.25) is 9.69 Å². The third-order valence-corrected chi connectivity index (χ3v) is 5.51. The van der Waals surface area contributed by atoms with Crippen molar-refractivity contribution >= 4 is 5.91 Å². The molecule has 3 fully saturated rings. The molecule has 4 heteroatoms. The molecule has 0 aromatic heterocycles. The molecule has 2 aliphatic heterocycles. The van der Waals surface area contributed by atoms with E-state index in [1.807, 2.05) is 0 Å². The summed E-state index contributed by atoms with van der Waals surface area (Å²) in [5.74, 6) is 0.915. The maximum absolute atomic E-state index is 12.7. The summed E-state index contributed by atoms with van der Waals surface area (Å²) >= 11 is 0.